The highest BCUT2D eigenvalue weighted by molar-refractivity contribution is 9.10. The number of sulfone groups is 1. The van der Waals surface area contributed by atoms with Crippen molar-refractivity contribution < 1.29 is 17.6 Å². The van der Waals surface area contributed by atoms with Crippen LogP contribution in [0.3, 0.4) is 0 Å². The van der Waals surface area contributed by atoms with Crippen molar-refractivity contribution in [2.45, 2.75) is 5.75 Å². The van der Waals surface area contributed by atoms with Crippen LogP contribution in [-0.2, 0) is 15.6 Å². The van der Waals surface area contributed by atoms with Crippen LogP contribution in [0.5, 0.6) is 0 Å². The third-order valence-electron chi connectivity index (χ3n) is 4.10. The Kier molecular flexibility index (Phi) is 6.82. The number of benzene rings is 3. The van der Waals surface area contributed by atoms with E-state index in [9.17, 15) is 17.6 Å². The highest BCUT2D eigenvalue weighted by atomic mass is 79.9. The lowest BCUT2D eigenvalue weighted by molar-refractivity contribution is 0.104. The van der Waals surface area contributed by atoms with Crippen molar-refractivity contribution in [1.29, 1.82) is 0 Å². The molecule has 3 aromatic carbocycles. The van der Waals surface area contributed by atoms with E-state index in [1.54, 1.807) is 48.5 Å². The predicted octanol–water partition coefficient (Wildman–Crippen LogP) is 6.19. The van der Waals surface area contributed by atoms with Crippen molar-refractivity contribution in [3.63, 3.8) is 0 Å². The highest BCUT2D eigenvalue weighted by Gasteiger charge is 2.26. The van der Waals surface area contributed by atoms with Gasteiger partial charge in [0.05, 0.1) is 5.75 Å². The van der Waals surface area contributed by atoms with Crippen molar-refractivity contribution in [1.82, 2.24) is 0 Å². The van der Waals surface area contributed by atoms with E-state index in [4.69, 9.17) is 0 Å². The molecule has 0 heterocycles. The zero-order valence-electron chi connectivity index (χ0n) is 15.0. The Morgan fingerprint density at radius 3 is 1.90 bits per heavy atom. The van der Waals surface area contributed by atoms with E-state index in [1.807, 2.05) is 0 Å². The summed E-state index contributed by atoms with van der Waals surface area (Å²) >= 11 is 6.64. The number of Topliss-reactive ketones (excluding diaryl/α,β-unsaturated/α-hetero) is 1. The molecule has 0 unspecified atom stereocenters. The molecule has 7 heteroatoms. The highest BCUT2D eigenvalue weighted by Crippen LogP contribution is 2.24. The van der Waals surface area contributed by atoms with Gasteiger partial charge in [0.1, 0.15) is 10.7 Å². The molecule has 0 saturated heterocycles. The van der Waals surface area contributed by atoms with Crippen LogP contribution in [-0.4, -0.2) is 14.2 Å². The molecule has 3 aromatic rings. The second-order valence-corrected chi connectivity index (χ2v) is 10.1. The summed E-state index contributed by atoms with van der Waals surface area (Å²) in [5.74, 6) is -1.46. The Morgan fingerprint density at radius 1 is 0.828 bits per heavy atom. The van der Waals surface area contributed by atoms with Crippen molar-refractivity contribution >= 4 is 53.6 Å². The van der Waals surface area contributed by atoms with Crippen LogP contribution in [0, 0.1) is 5.82 Å². The largest absolute Gasteiger partial charge is 0.288 e. The molecule has 0 bridgehead atoms. The Morgan fingerprint density at radius 2 is 1.34 bits per heavy atom. The number of ketones is 1. The normalized spacial score (nSPS) is 12.0. The predicted molar refractivity (Wildman–Crippen MR) is 120 cm³/mol. The van der Waals surface area contributed by atoms with Crippen molar-refractivity contribution in [2.75, 3.05) is 0 Å². The van der Waals surface area contributed by atoms with E-state index in [-0.39, 0.29) is 10.5 Å². The molecule has 29 heavy (non-hydrogen) atoms. The van der Waals surface area contributed by atoms with Gasteiger partial charge in [0.15, 0.2) is 9.84 Å². The van der Waals surface area contributed by atoms with Crippen molar-refractivity contribution in [3.8, 4) is 0 Å². The van der Waals surface area contributed by atoms with E-state index in [0.717, 1.165) is 8.95 Å². The van der Waals surface area contributed by atoms with Gasteiger partial charge >= 0.3 is 0 Å². The molecule has 0 aliphatic carbocycles. The minimum atomic E-state index is -3.99. The van der Waals surface area contributed by atoms with Crippen molar-refractivity contribution in [3.05, 3.63) is 109 Å². The van der Waals surface area contributed by atoms with Crippen LogP contribution >= 0.6 is 31.9 Å². The first kappa shape index (κ1) is 21.6. The monoisotopic (exact) mass is 536 g/mol. The first-order valence-electron chi connectivity index (χ1n) is 8.49. The SMILES string of the molecule is O=C(/C(=C\c1ccc(Br)cc1)S(=O)(=O)Cc1ccc(F)cc1)c1ccc(Br)cc1. The van der Waals surface area contributed by atoms with Gasteiger partial charge in [-0.15, -0.1) is 0 Å². The first-order valence-corrected chi connectivity index (χ1v) is 11.7. The fourth-order valence-electron chi connectivity index (χ4n) is 2.63. The smallest absolute Gasteiger partial charge is 0.204 e. The number of carbonyl (C=O) groups is 1. The van der Waals surface area contributed by atoms with E-state index in [2.05, 4.69) is 31.9 Å². The summed E-state index contributed by atoms with van der Waals surface area (Å²) in [4.78, 5) is 12.8. The summed E-state index contributed by atoms with van der Waals surface area (Å²) in [5, 5.41) is 0. The van der Waals surface area contributed by atoms with Gasteiger partial charge in [-0.2, -0.15) is 0 Å². The molecule has 0 N–H and O–H groups in total. The van der Waals surface area contributed by atoms with Gasteiger partial charge in [-0.1, -0.05) is 56.1 Å². The van der Waals surface area contributed by atoms with Gasteiger partial charge in [0, 0.05) is 14.5 Å². The van der Waals surface area contributed by atoms with E-state index in [0.29, 0.717) is 11.1 Å². The molecule has 0 radical (unpaired) electrons. The maximum absolute atomic E-state index is 13.2. The molecule has 3 rings (SSSR count). The molecule has 0 aliphatic rings. The number of hydrogen-bond donors (Lipinski definition) is 0. The fourth-order valence-corrected chi connectivity index (χ4v) is 4.66. The van der Waals surface area contributed by atoms with Crippen LogP contribution in [0.15, 0.2) is 86.6 Å². The van der Waals surface area contributed by atoms with E-state index < -0.39 is 27.2 Å². The Balaban J connectivity index is 2.05. The van der Waals surface area contributed by atoms with Gasteiger partial charge in [-0.3, -0.25) is 4.79 Å². The number of allylic oxidation sites excluding steroid dienone is 1. The van der Waals surface area contributed by atoms with Crippen LogP contribution in [0.1, 0.15) is 21.5 Å². The number of rotatable bonds is 6. The average molecular weight is 538 g/mol. The summed E-state index contributed by atoms with van der Waals surface area (Å²) in [6, 6.07) is 18.6. The van der Waals surface area contributed by atoms with Gasteiger partial charge < -0.3 is 0 Å². The lowest BCUT2D eigenvalue weighted by Gasteiger charge is -2.10. The fraction of sp³-hybridized carbons (Fsp3) is 0.0455. The van der Waals surface area contributed by atoms with E-state index >= 15 is 0 Å². The van der Waals surface area contributed by atoms with Gasteiger partial charge in [-0.25, -0.2) is 12.8 Å². The van der Waals surface area contributed by atoms with Gasteiger partial charge in [0.2, 0.25) is 5.78 Å². The third kappa shape index (κ3) is 5.72. The van der Waals surface area contributed by atoms with Gasteiger partial charge in [-0.05, 0) is 65.7 Å². The number of hydrogen-bond acceptors (Lipinski definition) is 3. The van der Waals surface area contributed by atoms with E-state index in [1.165, 1.54) is 30.3 Å². The summed E-state index contributed by atoms with van der Waals surface area (Å²) in [5.41, 5.74) is 1.24. The molecule has 0 atom stereocenters. The zero-order valence-corrected chi connectivity index (χ0v) is 19.0. The molecule has 0 saturated carbocycles. The number of carbonyl (C=O) groups excluding carboxylic acids is 1. The second-order valence-electron chi connectivity index (χ2n) is 6.28. The Bertz CT molecular complexity index is 1150. The molecule has 0 amide bonds. The third-order valence-corrected chi connectivity index (χ3v) is 6.85. The summed E-state index contributed by atoms with van der Waals surface area (Å²) in [7, 11) is -3.99. The minimum absolute atomic E-state index is 0.263. The van der Waals surface area contributed by atoms with Gasteiger partial charge in [0.25, 0.3) is 0 Å². The molecular formula is C22H15Br2FO3S. The first-order chi connectivity index (χ1) is 13.7. The van der Waals surface area contributed by atoms with Crippen LogP contribution < -0.4 is 0 Å². The molecule has 0 aromatic heterocycles. The average Bonchev–Trinajstić information content (AvgIpc) is 2.69. The lowest BCUT2D eigenvalue weighted by atomic mass is 10.1. The summed E-state index contributed by atoms with van der Waals surface area (Å²) in [6.45, 7) is 0. The summed E-state index contributed by atoms with van der Waals surface area (Å²) in [6.07, 6.45) is 1.37. The summed E-state index contributed by atoms with van der Waals surface area (Å²) < 4.78 is 41.0. The van der Waals surface area contributed by atoms with Crippen LogP contribution in [0.25, 0.3) is 6.08 Å². The minimum Gasteiger partial charge on any atom is -0.288 e. The maximum atomic E-state index is 13.2. The molecule has 0 fully saturated rings. The Labute approximate surface area is 185 Å². The molecule has 0 aliphatic heterocycles. The Hall–Kier alpha value is -2.09. The zero-order chi connectivity index (χ0) is 21.0. The standard InChI is InChI=1S/C22H15Br2FO3S/c23-18-7-1-15(2-8-18)13-21(22(26)17-5-9-19(24)10-6-17)29(27,28)14-16-3-11-20(25)12-4-16/h1-13H,14H2/b21-13+. The topological polar surface area (TPSA) is 51.2 Å². The lowest BCUT2D eigenvalue weighted by Crippen LogP contribution is -2.16. The van der Waals surface area contributed by atoms with Crippen molar-refractivity contribution in [2.24, 2.45) is 0 Å². The van der Waals surface area contributed by atoms with Crippen LogP contribution in [0.2, 0.25) is 0 Å². The maximum Gasteiger partial charge on any atom is 0.204 e. The quantitative estimate of drug-likeness (QED) is 0.278. The molecule has 148 valence electrons. The number of halogens is 3. The molecule has 0 spiro atoms. The molecule has 3 nitrogen and oxygen atoms in total. The second kappa shape index (κ2) is 9.15. The van der Waals surface area contributed by atoms with Crippen LogP contribution in [0.4, 0.5) is 4.39 Å². The molecular weight excluding hydrogens is 523 g/mol.